The molecular weight excluding hydrogens is 283 g/mol. The highest BCUT2D eigenvalue weighted by atomic mass is 79.9. The van der Waals surface area contributed by atoms with Gasteiger partial charge in [-0.1, -0.05) is 0 Å². The minimum absolute atomic E-state index is 0.336. The van der Waals surface area contributed by atoms with Crippen LogP contribution in [0.15, 0.2) is 22.7 Å². The van der Waals surface area contributed by atoms with Gasteiger partial charge in [0.05, 0.1) is 11.6 Å². The molecule has 0 bridgehead atoms. The van der Waals surface area contributed by atoms with E-state index in [1.807, 2.05) is 0 Å². The predicted octanol–water partition coefficient (Wildman–Crippen LogP) is 3.59. The number of methoxy groups -OCH3 is 1. The predicted molar refractivity (Wildman–Crippen MR) is 60.8 cm³/mol. The zero-order valence-corrected chi connectivity index (χ0v) is 10.1. The lowest BCUT2D eigenvalue weighted by Crippen LogP contribution is -1.96. The molecule has 2 nitrogen and oxygen atoms in total. The second kappa shape index (κ2) is 3.90. The lowest BCUT2D eigenvalue weighted by Gasteiger charge is -1.94. The van der Waals surface area contributed by atoms with Gasteiger partial charge in [-0.3, -0.25) is 0 Å². The van der Waals surface area contributed by atoms with Crippen LogP contribution in [0.4, 0.5) is 4.39 Å². The molecule has 2 rings (SSSR count). The molecule has 1 aromatic carbocycles. The second-order valence-corrected chi connectivity index (χ2v) is 4.75. The summed E-state index contributed by atoms with van der Waals surface area (Å²) in [5, 5.41) is 0.695. The van der Waals surface area contributed by atoms with Crippen LogP contribution in [0.25, 0.3) is 10.1 Å². The molecule has 0 amide bonds. The average Bonchev–Trinajstić information content (AvgIpc) is 2.67. The van der Waals surface area contributed by atoms with E-state index < -0.39 is 5.97 Å². The summed E-state index contributed by atoms with van der Waals surface area (Å²) in [5.41, 5.74) is 0. The fourth-order valence-corrected chi connectivity index (χ4v) is 2.83. The first-order valence-electron chi connectivity index (χ1n) is 4.09. The third-order valence-corrected chi connectivity index (χ3v) is 3.86. The number of benzene rings is 1. The molecule has 0 unspecified atom stereocenters. The van der Waals surface area contributed by atoms with Gasteiger partial charge in [0.2, 0.25) is 0 Å². The molecule has 2 aromatic rings. The van der Waals surface area contributed by atoms with Crippen molar-refractivity contribution in [3.05, 3.63) is 33.4 Å². The maximum absolute atomic E-state index is 13.2. The van der Waals surface area contributed by atoms with Crippen LogP contribution in [0, 0.1) is 5.82 Å². The number of ether oxygens (including phenoxy) is 1. The first-order valence-corrected chi connectivity index (χ1v) is 5.70. The van der Waals surface area contributed by atoms with E-state index in [2.05, 4.69) is 20.7 Å². The number of thiophene rings is 1. The molecule has 0 fully saturated rings. The Bertz CT molecular complexity index is 535. The zero-order valence-electron chi connectivity index (χ0n) is 7.71. The monoisotopic (exact) mass is 288 g/mol. The Morgan fingerprint density at radius 2 is 2.27 bits per heavy atom. The minimum atomic E-state index is -0.400. The molecule has 0 aliphatic rings. The SMILES string of the molecule is COC(=O)c1cc2c(Br)c(F)ccc2s1. The molecular formula is C10H6BrFO2S. The van der Waals surface area contributed by atoms with Gasteiger partial charge in [-0.15, -0.1) is 11.3 Å². The van der Waals surface area contributed by atoms with Crippen molar-refractivity contribution < 1.29 is 13.9 Å². The second-order valence-electron chi connectivity index (χ2n) is 2.88. The summed E-state index contributed by atoms with van der Waals surface area (Å²) in [5.74, 6) is -0.736. The summed E-state index contributed by atoms with van der Waals surface area (Å²) in [6.45, 7) is 0. The minimum Gasteiger partial charge on any atom is -0.465 e. The molecule has 1 heterocycles. The summed E-state index contributed by atoms with van der Waals surface area (Å²) in [4.78, 5) is 11.7. The van der Waals surface area contributed by atoms with E-state index in [0.717, 1.165) is 4.70 Å². The Hall–Kier alpha value is -0.940. The first-order chi connectivity index (χ1) is 7.13. The van der Waals surface area contributed by atoms with E-state index in [-0.39, 0.29) is 5.82 Å². The van der Waals surface area contributed by atoms with E-state index in [4.69, 9.17) is 0 Å². The Morgan fingerprint density at radius 1 is 1.53 bits per heavy atom. The average molecular weight is 289 g/mol. The maximum Gasteiger partial charge on any atom is 0.348 e. The number of carbonyl (C=O) groups excluding carboxylic acids is 1. The highest BCUT2D eigenvalue weighted by molar-refractivity contribution is 9.10. The van der Waals surface area contributed by atoms with Gasteiger partial charge in [0.1, 0.15) is 10.7 Å². The van der Waals surface area contributed by atoms with E-state index in [0.29, 0.717) is 14.7 Å². The molecule has 0 radical (unpaired) electrons. The molecule has 0 N–H and O–H groups in total. The normalized spacial score (nSPS) is 10.6. The van der Waals surface area contributed by atoms with Crippen molar-refractivity contribution in [3.8, 4) is 0 Å². The molecule has 0 spiro atoms. The lowest BCUT2D eigenvalue weighted by molar-refractivity contribution is 0.0606. The highest BCUT2D eigenvalue weighted by Gasteiger charge is 2.13. The third-order valence-electron chi connectivity index (χ3n) is 1.97. The summed E-state index contributed by atoms with van der Waals surface area (Å²) < 4.78 is 19.0. The van der Waals surface area contributed by atoms with Gasteiger partial charge in [-0.25, -0.2) is 9.18 Å². The van der Waals surface area contributed by atoms with Crippen LogP contribution in [-0.4, -0.2) is 13.1 Å². The number of hydrogen-bond acceptors (Lipinski definition) is 3. The number of esters is 1. The van der Waals surface area contributed by atoms with Gasteiger partial charge in [-0.2, -0.15) is 0 Å². The van der Waals surface area contributed by atoms with E-state index in [1.165, 1.54) is 24.5 Å². The van der Waals surface area contributed by atoms with Gasteiger partial charge in [0.15, 0.2) is 0 Å². The van der Waals surface area contributed by atoms with E-state index >= 15 is 0 Å². The Morgan fingerprint density at radius 3 is 2.93 bits per heavy atom. The number of fused-ring (bicyclic) bond motifs is 1. The summed E-state index contributed by atoms with van der Waals surface area (Å²) in [6.07, 6.45) is 0. The van der Waals surface area contributed by atoms with Gasteiger partial charge in [0.25, 0.3) is 0 Å². The Balaban J connectivity index is 2.66. The quantitative estimate of drug-likeness (QED) is 0.750. The zero-order chi connectivity index (χ0) is 11.0. The fourth-order valence-electron chi connectivity index (χ4n) is 1.25. The Kier molecular flexibility index (Phi) is 2.75. The number of halogens is 2. The van der Waals surface area contributed by atoms with Crippen LogP contribution in [0.3, 0.4) is 0 Å². The first kappa shape index (κ1) is 10.6. The lowest BCUT2D eigenvalue weighted by atomic mass is 10.2. The largest absolute Gasteiger partial charge is 0.465 e. The summed E-state index contributed by atoms with van der Waals surface area (Å²) in [7, 11) is 1.32. The fraction of sp³-hybridized carbons (Fsp3) is 0.100. The molecule has 78 valence electrons. The molecule has 0 atom stereocenters. The van der Waals surface area contributed by atoms with Gasteiger partial charge in [0, 0.05) is 10.1 Å². The van der Waals surface area contributed by atoms with E-state index in [1.54, 1.807) is 12.1 Å². The van der Waals surface area contributed by atoms with Crippen molar-refractivity contribution in [1.29, 1.82) is 0 Å². The summed E-state index contributed by atoms with van der Waals surface area (Å²) in [6, 6.07) is 4.63. The molecule has 15 heavy (non-hydrogen) atoms. The molecule has 0 saturated heterocycles. The van der Waals surface area contributed by atoms with Crippen LogP contribution >= 0.6 is 27.3 Å². The smallest absolute Gasteiger partial charge is 0.348 e. The number of rotatable bonds is 1. The van der Waals surface area contributed by atoms with Crippen LogP contribution in [0.1, 0.15) is 9.67 Å². The van der Waals surface area contributed by atoms with Crippen molar-refractivity contribution in [2.24, 2.45) is 0 Å². The Labute approximate surface area is 97.8 Å². The van der Waals surface area contributed by atoms with Crippen molar-refractivity contribution in [1.82, 2.24) is 0 Å². The molecule has 5 heteroatoms. The van der Waals surface area contributed by atoms with Crippen molar-refractivity contribution in [2.75, 3.05) is 7.11 Å². The van der Waals surface area contributed by atoms with Crippen LogP contribution in [0.2, 0.25) is 0 Å². The molecule has 0 aliphatic heterocycles. The highest BCUT2D eigenvalue weighted by Crippen LogP contribution is 2.33. The van der Waals surface area contributed by atoms with Gasteiger partial charge in [-0.05, 0) is 34.1 Å². The number of carbonyl (C=O) groups is 1. The van der Waals surface area contributed by atoms with Gasteiger partial charge >= 0.3 is 5.97 Å². The maximum atomic E-state index is 13.2. The van der Waals surface area contributed by atoms with Gasteiger partial charge < -0.3 is 4.74 Å². The molecule has 1 aromatic heterocycles. The van der Waals surface area contributed by atoms with E-state index in [9.17, 15) is 9.18 Å². The summed E-state index contributed by atoms with van der Waals surface area (Å²) >= 11 is 4.43. The van der Waals surface area contributed by atoms with Crippen LogP contribution < -0.4 is 0 Å². The standard InChI is InChI=1S/C10H6BrFO2S/c1-14-10(13)8-4-5-7(15-8)3-2-6(12)9(5)11/h2-4H,1H3. The molecule has 0 aliphatic carbocycles. The third kappa shape index (κ3) is 1.77. The van der Waals surface area contributed by atoms with Crippen LogP contribution in [-0.2, 0) is 4.74 Å². The number of hydrogen-bond donors (Lipinski definition) is 0. The van der Waals surface area contributed by atoms with Crippen LogP contribution in [0.5, 0.6) is 0 Å². The van der Waals surface area contributed by atoms with Crippen molar-refractivity contribution in [2.45, 2.75) is 0 Å². The van der Waals surface area contributed by atoms with Crippen molar-refractivity contribution in [3.63, 3.8) is 0 Å². The topological polar surface area (TPSA) is 26.3 Å². The molecule has 0 saturated carbocycles. The van der Waals surface area contributed by atoms with Crippen molar-refractivity contribution >= 4 is 43.3 Å².